The number of aldehydes is 1. The lowest BCUT2D eigenvalue weighted by molar-refractivity contribution is -0.107. The van der Waals surface area contributed by atoms with Crippen LogP contribution in [0.4, 0.5) is 4.79 Å². The number of alkyl carbamates (subject to hydrolysis) is 1. The number of ether oxygens (including phenoxy) is 1. The average molecular weight is 448 g/mol. The first kappa shape index (κ1) is 23.6. The van der Waals surface area contributed by atoms with Gasteiger partial charge in [0.1, 0.15) is 11.9 Å². The fraction of sp³-hybridized carbons (Fsp3) is 0.259. The van der Waals surface area contributed by atoms with Gasteiger partial charge in [0.05, 0.1) is 10.00 Å². The summed E-state index contributed by atoms with van der Waals surface area (Å²) in [4.78, 5) is 24.4. The number of thioether (sulfide) groups is 1. The zero-order valence-electron chi connectivity index (χ0n) is 18.7. The van der Waals surface area contributed by atoms with Gasteiger partial charge in [-0.05, 0) is 37.5 Å². The van der Waals surface area contributed by atoms with Crippen LogP contribution < -0.4 is 5.32 Å². The summed E-state index contributed by atoms with van der Waals surface area (Å²) in [7, 11) is 0. The largest absolute Gasteiger partial charge is 0.444 e. The van der Waals surface area contributed by atoms with E-state index in [0.29, 0.717) is 0 Å². The van der Waals surface area contributed by atoms with Crippen LogP contribution in [-0.4, -0.2) is 29.8 Å². The molecule has 0 fully saturated rings. The molecule has 0 heterocycles. The van der Waals surface area contributed by atoms with E-state index in [4.69, 9.17) is 4.74 Å². The van der Waals surface area contributed by atoms with Gasteiger partial charge < -0.3 is 14.8 Å². The molecule has 0 aliphatic heterocycles. The first-order valence-electron chi connectivity index (χ1n) is 10.6. The Labute approximate surface area is 194 Å². The SMILES string of the molecule is CC(C)(C)OC(=O)NCC(C=O)SC(c1ccccc1)(c1ccccc1)c1ccccc1. The molecule has 166 valence electrons. The minimum absolute atomic E-state index is 0.164. The average Bonchev–Trinajstić information content (AvgIpc) is 2.80. The Bertz CT molecular complexity index is 905. The molecule has 1 N–H and O–H groups in total. The predicted octanol–water partition coefficient (Wildman–Crippen LogP) is 5.80. The minimum Gasteiger partial charge on any atom is -0.444 e. The number of rotatable bonds is 8. The van der Waals surface area contributed by atoms with E-state index in [9.17, 15) is 9.59 Å². The van der Waals surface area contributed by atoms with Crippen molar-refractivity contribution in [3.8, 4) is 0 Å². The van der Waals surface area contributed by atoms with Crippen molar-refractivity contribution in [3.63, 3.8) is 0 Å². The van der Waals surface area contributed by atoms with Crippen LogP contribution in [0, 0.1) is 0 Å². The van der Waals surface area contributed by atoms with Crippen molar-refractivity contribution >= 4 is 24.1 Å². The van der Waals surface area contributed by atoms with Crippen LogP contribution in [0.25, 0.3) is 0 Å². The van der Waals surface area contributed by atoms with Crippen molar-refractivity contribution < 1.29 is 14.3 Å². The summed E-state index contributed by atoms with van der Waals surface area (Å²) in [6.45, 7) is 5.59. The number of amides is 1. The van der Waals surface area contributed by atoms with Crippen LogP contribution in [0.1, 0.15) is 37.5 Å². The number of nitrogens with one attached hydrogen (secondary N) is 1. The van der Waals surface area contributed by atoms with Crippen molar-refractivity contribution in [1.29, 1.82) is 0 Å². The van der Waals surface area contributed by atoms with Gasteiger partial charge in [-0.3, -0.25) is 0 Å². The van der Waals surface area contributed by atoms with Crippen LogP contribution in [0.3, 0.4) is 0 Å². The fourth-order valence-electron chi connectivity index (χ4n) is 3.57. The second-order valence-corrected chi connectivity index (χ2v) is 9.91. The van der Waals surface area contributed by atoms with Gasteiger partial charge in [0.2, 0.25) is 0 Å². The Kier molecular flexibility index (Phi) is 7.75. The number of hydrogen-bond acceptors (Lipinski definition) is 4. The third-order valence-corrected chi connectivity index (χ3v) is 6.51. The molecular weight excluding hydrogens is 418 g/mol. The Hall–Kier alpha value is -3.05. The molecule has 0 aromatic heterocycles. The van der Waals surface area contributed by atoms with E-state index in [0.717, 1.165) is 23.0 Å². The van der Waals surface area contributed by atoms with Crippen LogP contribution >= 0.6 is 11.8 Å². The molecule has 0 bridgehead atoms. The molecule has 0 aliphatic rings. The van der Waals surface area contributed by atoms with Gasteiger partial charge >= 0.3 is 6.09 Å². The molecule has 0 saturated heterocycles. The van der Waals surface area contributed by atoms with Crippen molar-refractivity contribution in [2.45, 2.75) is 36.4 Å². The summed E-state index contributed by atoms with van der Waals surface area (Å²) < 4.78 is 4.71. The summed E-state index contributed by atoms with van der Waals surface area (Å²) in [5, 5.41) is 2.26. The minimum atomic E-state index is -0.634. The fourth-order valence-corrected chi connectivity index (χ4v) is 5.06. The lowest BCUT2D eigenvalue weighted by Gasteiger charge is -2.37. The highest BCUT2D eigenvalue weighted by Crippen LogP contribution is 2.49. The van der Waals surface area contributed by atoms with E-state index in [-0.39, 0.29) is 6.54 Å². The first-order valence-corrected chi connectivity index (χ1v) is 11.5. The van der Waals surface area contributed by atoms with Gasteiger partial charge in [0.15, 0.2) is 0 Å². The van der Waals surface area contributed by atoms with Gasteiger partial charge in [0.25, 0.3) is 0 Å². The third kappa shape index (κ3) is 5.80. The molecule has 3 aromatic carbocycles. The number of carbonyl (C=O) groups excluding carboxylic acids is 2. The summed E-state index contributed by atoms with van der Waals surface area (Å²) in [6.07, 6.45) is 0.362. The predicted molar refractivity (Wildman–Crippen MR) is 131 cm³/mol. The maximum absolute atomic E-state index is 12.2. The molecule has 3 aromatic rings. The molecule has 3 rings (SSSR count). The topological polar surface area (TPSA) is 55.4 Å². The molecule has 0 saturated carbocycles. The van der Waals surface area contributed by atoms with E-state index in [2.05, 4.69) is 41.7 Å². The molecule has 1 unspecified atom stereocenters. The molecular formula is C27H29NO3S. The van der Waals surface area contributed by atoms with Gasteiger partial charge in [-0.25, -0.2) is 4.79 Å². The molecule has 5 heteroatoms. The Balaban J connectivity index is 2.02. The first-order chi connectivity index (χ1) is 15.3. The van der Waals surface area contributed by atoms with Crippen molar-refractivity contribution in [3.05, 3.63) is 108 Å². The van der Waals surface area contributed by atoms with E-state index >= 15 is 0 Å². The molecule has 0 spiro atoms. The number of carbonyl (C=O) groups is 2. The molecule has 1 amide bonds. The molecule has 0 radical (unpaired) electrons. The van der Waals surface area contributed by atoms with Crippen molar-refractivity contribution in [2.75, 3.05) is 6.54 Å². The number of benzene rings is 3. The normalized spacial score (nSPS) is 12.6. The molecule has 32 heavy (non-hydrogen) atoms. The van der Waals surface area contributed by atoms with Gasteiger partial charge in [-0.15, -0.1) is 11.8 Å². The third-order valence-electron chi connectivity index (χ3n) is 4.87. The monoisotopic (exact) mass is 447 g/mol. The maximum atomic E-state index is 12.2. The molecule has 0 aliphatic carbocycles. The van der Waals surface area contributed by atoms with Crippen LogP contribution in [0.5, 0.6) is 0 Å². The van der Waals surface area contributed by atoms with Crippen LogP contribution in [0.15, 0.2) is 91.0 Å². The smallest absolute Gasteiger partial charge is 0.407 e. The Morgan fingerprint density at radius 2 is 1.25 bits per heavy atom. The summed E-state index contributed by atoms with van der Waals surface area (Å²) in [6, 6.07) is 30.5. The standard InChI is InChI=1S/C27H29NO3S/c1-26(2,3)31-25(30)28-19-24(20-29)32-27(21-13-7-4-8-14-21,22-15-9-5-10-16-22)23-17-11-6-12-18-23/h4-18,20,24H,19H2,1-3H3,(H,28,30). The summed E-state index contributed by atoms with van der Waals surface area (Å²) in [5.74, 6) is 0. The van der Waals surface area contributed by atoms with Gasteiger partial charge in [-0.1, -0.05) is 91.0 Å². The zero-order valence-corrected chi connectivity index (χ0v) is 19.5. The highest BCUT2D eigenvalue weighted by Gasteiger charge is 2.39. The van der Waals surface area contributed by atoms with Crippen LogP contribution in [0.2, 0.25) is 0 Å². The lowest BCUT2D eigenvalue weighted by Crippen LogP contribution is -2.38. The molecule has 4 nitrogen and oxygen atoms in total. The van der Waals surface area contributed by atoms with Crippen molar-refractivity contribution in [1.82, 2.24) is 5.32 Å². The second-order valence-electron chi connectivity index (χ2n) is 8.45. The second kappa shape index (κ2) is 10.5. The van der Waals surface area contributed by atoms with E-state index < -0.39 is 21.7 Å². The quantitative estimate of drug-likeness (QED) is 0.350. The maximum Gasteiger partial charge on any atom is 0.407 e. The van der Waals surface area contributed by atoms with Crippen molar-refractivity contribution in [2.24, 2.45) is 0 Å². The van der Waals surface area contributed by atoms with E-state index in [1.807, 2.05) is 75.4 Å². The molecule has 1 atom stereocenters. The van der Waals surface area contributed by atoms with E-state index in [1.54, 1.807) is 0 Å². The van der Waals surface area contributed by atoms with Gasteiger partial charge in [0, 0.05) is 6.54 Å². The zero-order chi connectivity index (χ0) is 23.0. The van der Waals surface area contributed by atoms with Crippen LogP contribution in [-0.2, 0) is 14.3 Å². The Morgan fingerprint density at radius 1 is 0.844 bits per heavy atom. The van der Waals surface area contributed by atoms with E-state index in [1.165, 1.54) is 11.8 Å². The van der Waals surface area contributed by atoms with Gasteiger partial charge in [-0.2, -0.15) is 0 Å². The number of hydrogen-bond donors (Lipinski definition) is 1. The highest BCUT2D eigenvalue weighted by atomic mass is 32.2. The highest BCUT2D eigenvalue weighted by molar-refractivity contribution is 8.01. The summed E-state index contributed by atoms with van der Waals surface area (Å²) >= 11 is 1.52. The lowest BCUT2D eigenvalue weighted by atomic mass is 9.84. The summed E-state index contributed by atoms with van der Waals surface area (Å²) in [5.41, 5.74) is 2.58. The Morgan fingerprint density at radius 3 is 1.59 bits per heavy atom.